The van der Waals surface area contributed by atoms with E-state index in [1.165, 1.54) is 0 Å². The molecule has 1 N–H and O–H groups in total. The van der Waals surface area contributed by atoms with Crippen LogP contribution in [0.4, 0.5) is 0 Å². The van der Waals surface area contributed by atoms with Crippen molar-refractivity contribution in [3.05, 3.63) is 0 Å². The lowest BCUT2D eigenvalue weighted by Gasteiger charge is -2.26. The molecule has 0 aromatic carbocycles. The number of hydrogen-bond acceptors (Lipinski definition) is 3. The van der Waals surface area contributed by atoms with E-state index in [9.17, 15) is 4.79 Å². The maximum absolute atomic E-state index is 12.0. The van der Waals surface area contributed by atoms with Gasteiger partial charge < -0.3 is 14.8 Å². The molecular formula is C12H23NO3. The highest BCUT2D eigenvalue weighted by Gasteiger charge is 2.39. The van der Waals surface area contributed by atoms with Crippen LogP contribution in [0.1, 0.15) is 33.1 Å². The van der Waals surface area contributed by atoms with Crippen molar-refractivity contribution in [2.24, 2.45) is 11.3 Å². The summed E-state index contributed by atoms with van der Waals surface area (Å²) in [4.78, 5) is 12.0. The topological polar surface area (TPSA) is 47.6 Å². The van der Waals surface area contributed by atoms with Crippen molar-refractivity contribution in [1.82, 2.24) is 5.32 Å². The highest BCUT2D eigenvalue weighted by molar-refractivity contribution is 5.79. The van der Waals surface area contributed by atoms with Gasteiger partial charge in [0.2, 0.25) is 5.91 Å². The van der Waals surface area contributed by atoms with Crippen molar-refractivity contribution in [1.29, 1.82) is 0 Å². The lowest BCUT2D eigenvalue weighted by molar-refractivity contribution is -0.133. The summed E-state index contributed by atoms with van der Waals surface area (Å²) in [7, 11) is 3.14. The fraction of sp³-hybridized carbons (Fsp3) is 0.917. The lowest BCUT2D eigenvalue weighted by atomic mass is 9.81. The van der Waals surface area contributed by atoms with Gasteiger partial charge in [0, 0.05) is 20.1 Å². The molecule has 0 heterocycles. The Morgan fingerprint density at radius 3 is 2.50 bits per heavy atom. The predicted octanol–water partition coefficient (Wildman–Crippen LogP) is 1.55. The van der Waals surface area contributed by atoms with E-state index in [0.29, 0.717) is 6.54 Å². The second-order valence-electron chi connectivity index (χ2n) is 5.08. The predicted molar refractivity (Wildman–Crippen MR) is 61.9 cm³/mol. The first-order valence-electron chi connectivity index (χ1n) is 5.84. The molecule has 0 bridgehead atoms. The molecular weight excluding hydrogens is 206 g/mol. The summed E-state index contributed by atoms with van der Waals surface area (Å²) in [6.07, 6.45) is 2.91. The molecule has 0 radical (unpaired) electrons. The van der Waals surface area contributed by atoms with Crippen molar-refractivity contribution in [2.75, 3.05) is 20.8 Å². The molecule has 4 nitrogen and oxygen atoms in total. The van der Waals surface area contributed by atoms with Crippen LogP contribution in [0.2, 0.25) is 0 Å². The van der Waals surface area contributed by atoms with Gasteiger partial charge in [0.15, 0.2) is 6.29 Å². The number of hydrogen-bond donors (Lipinski definition) is 1. The zero-order chi connectivity index (χ0) is 12.2. The molecule has 1 aliphatic rings. The molecule has 0 saturated heterocycles. The second-order valence-corrected chi connectivity index (χ2v) is 5.08. The largest absolute Gasteiger partial charge is 0.354 e. The summed E-state index contributed by atoms with van der Waals surface area (Å²) in [5, 5.41) is 2.89. The smallest absolute Gasteiger partial charge is 0.223 e. The molecule has 0 aromatic rings. The van der Waals surface area contributed by atoms with Crippen LogP contribution in [-0.4, -0.2) is 33.0 Å². The van der Waals surface area contributed by atoms with Crippen LogP contribution in [0, 0.1) is 11.3 Å². The molecule has 0 aliphatic heterocycles. The standard InChI is InChI=1S/C12H23NO3/c1-12(2)7-5-6-9(12)11(14)13-8-10(15-3)16-4/h9-10H,5-8H2,1-4H3,(H,13,14). The zero-order valence-electron chi connectivity index (χ0n) is 10.7. The van der Waals surface area contributed by atoms with Gasteiger partial charge in [-0.1, -0.05) is 20.3 Å². The van der Waals surface area contributed by atoms with Gasteiger partial charge >= 0.3 is 0 Å². The Kier molecular flexibility index (Phi) is 4.74. The van der Waals surface area contributed by atoms with E-state index < -0.39 is 0 Å². The van der Waals surface area contributed by atoms with Gasteiger partial charge in [-0.15, -0.1) is 0 Å². The maximum Gasteiger partial charge on any atom is 0.223 e. The van der Waals surface area contributed by atoms with Crippen LogP contribution in [0.15, 0.2) is 0 Å². The number of rotatable bonds is 5. The quantitative estimate of drug-likeness (QED) is 0.728. The third-order valence-corrected chi connectivity index (χ3v) is 3.54. The SMILES string of the molecule is COC(CNC(=O)C1CCCC1(C)C)OC. The van der Waals surface area contributed by atoms with Crippen molar-refractivity contribution >= 4 is 5.91 Å². The highest BCUT2D eigenvalue weighted by atomic mass is 16.7. The van der Waals surface area contributed by atoms with Crippen LogP contribution in [0.3, 0.4) is 0 Å². The van der Waals surface area contributed by atoms with Gasteiger partial charge in [0.1, 0.15) is 0 Å². The normalized spacial score (nSPS) is 23.7. The minimum Gasteiger partial charge on any atom is -0.354 e. The Balaban J connectivity index is 2.40. The number of nitrogens with one attached hydrogen (secondary N) is 1. The molecule has 1 aliphatic carbocycles. The Bertz CT molecular complexity index is 236. The summed E-state index contributed by atoms with van der Waals surface area (Å²) in [6, 6.07) is 0. The van der Waals surface area contributed by atoms with Gasteiger partial charge in [-0.3, -0.25) is 4.79 Å². The molecule has 1 saturated carbocycles. The number of amides is 1. The van der Waals surface area contributed by atoms with Crippen LogP contribution >= 0.6 is 0 Å². The van der Waals surface area contributed by atoms with Crippen molar-refractivity contribution in [2.45, 2.75) is 39.4 Å². The third-order valence-electron chi connectivity index (χ3n) is 3.54. The molecule has 0 aromatic heterocycles. The summed E-state index contributed by atoms with van der Waals surface area (Å²) in [5.41, 5.74) is 0.125. The van der Waals surface area contributed by atoms with Gasteiger partial charge in [-0.2, -0.15) is 0 Å². The van der Waals surface area contributed by atoms with Crippen LogP contribution in [0.25, 0.3) is 0 Å². The van der Waals surface area contributed by atoms with E-state index in [4.69, 9.17) is 9.47 Å². The number of carbonyl (C=O) groups excluding carboxylic acids is 1. The Morgan fingerprint density at radius 1 is 1.44 bits per heavy atom. The third kappa shape index (κ3) is 3.19. The van der Waals surface area contributed by atoms with Gasteiger partial charge in [-0.25, -0.2) is 0 Å². The van der Waals surface area contributed by atoms with Crippen molar-refractivity contribution < 1.29 is 14.3 Å². The van der Waals surface area contributed by atoms with Crippen molar-refractivity contribution in [3.63, 3.8) is 0 Å². The summed E-state index contributed by atoms with van der Waals surface area (Å²) in [5.74, 6) is 0.253. The van der Waals surface area contributed by atoms with E-state index in [0.717, 1.165) is 19.3 Å². The Morgan fingerprint density at radius 2 is 2.06 bits per heavy atom. The first-order chi connectivity index (χ1) is 7.51. The molecule has 1 amide bonds. The molecule has 16 heavy (non-hydrogen) atoms. The van der Waals surface area contributed by atoms with Gasteiger partial charge in [0.25, 0.3) is 0 Å². The fourth-order valence-electron chi connectivity index (χ4n) is 2.38. The van der Waals surface area contributed by atoms with E-state index in [1.54, 1.807) is 14.2 Å². The maximum atomic E-state index is 12.0. The molecule has 4 heteroatoms. The minimum atomic E-state index is -0.353. The van der Waals surface area contributed by atoms with E-state index in [2.05, 4.69) is 19.2 Å². The fourth-order valence-corrected chi connectivity index (χ4v) is 2.38. The average molecular weight is 229 g/mol. The summed E-state index contributed by atoms with van der Waals surface area (Å²) < 4.78 is 10.1. The van der Waals surface area contributed by atoms with E-state index in [1.807, 2.05) is 0 Å². The number of methoxy groups -OCH3 is 2. The highest BCUT2D eigenvalue weighted by Crippen LogP contribution is 2.42. The average Bonchev–Trinajstić information content (AvgIpc) is 2.59. The van der Waals surface area contributed by atoms with E-state index in [-0.39, 0.29) is 23.5 Å². The van der Waals surface area contributed by atoms with Gasteiger partial charge in [0.05, 0.1) is 6.54 Å². The molecule has 1 atom stereocenters. The number of ether oxygens (including phenoxy) is 2. The first-order valence-corrected chi connectivity index (χ1v) is 5.84. The zero-order valence-corrected chi connectivity index (χ0v) is 10.7. The first kappa shape index (κ1) is 13.5. The van der Waals surface area contributed by atoms with Crippen molar-refractivity contribution in [3.8, 4) is 0 Å². The Hall–Kier alpha value is -0.610. The van der Waals surface area contributed by atoms with Gasteiger partial charge in [-0.05, 0) is 18.3 Å². The van der Waals surface area contributed by atoms with E-state index >= 15 is 0 Å². The number of carbonyl (C=O) groups is 1. The minimum absolute atomic E-state index is 0.125. The molecule has 1 unspecified atom stereocenters. The monoisotopic (exact) mass is 229 g/mol. The van der Waals surface area contributed by atoms with Crippen LogP contribution in [-0.2, 0) is 14.3 Å². The van der Waals surface area contributed by atoms with Crippen LogP contribution in [0.5, 0.6) is 0 Å². The summed E-state index contributed by atoms with van der Waals surface area (Å²) >= 11 is 0. The molecule has 1 rings (SSSR count). The lowest BCUT2D eigenvalue weighted by Crippen LogP contribution is -2.40. The molecule has 0 spiro atoms. The second kappa shape index (κ2) is 5.64. The molecule has 1 fully saturated rings. The Labute approximate surface area is 97.7 Å². The van der Waals surface area contributed by atoms with Crippen LogP contribution < -0.4 is 5.32 Å². The molecule has 94 valence electrons. The summed E-state index contributed by atoms with van der Waals surface area (Å²) in [6.45, 7) is 4.74.